The Morgan fingerprint density at radius 3 is 2.62 bits per heavy atom. The van der Waals surface area contributed by atoms with Crippen LogP contribution in [0.4, 0.5) is 10.2 Å². The predicted octanol–water partition coefficient (Wildman–Crippen LogP) is 6.16. The molecule has 0 radical (unpaired) electrons. The Morgan fingerprint density at radius 2 is 1.93 bits per heavy atom. The molecule has 1 unspecified atom stereocenters. The Morgan fingerprint density at radius 1 is 1.21 bits per heavy atom. The van der Waals surface area contributed by atoms with Crippen LogP contribution >= 0.6 is 23.2 Å². The zero-order valence-electron chi connectivity index (χ0n) is 16.7. The second kappa shape index (κ2) is 8.20. The van der Waals surface area contributed by atoms with Crippen LogP contribution in [-0.2, 0) is 6.54 Å². The van der Waals surface area contributed by atoms with Gasteiger partial charge in [-0.15, -0.1) is 0 Å². The molecule has 3 rings (SSSR count). The number of nitrogens with two attached hydrogens (primary N) is 1. The van der Waals surface area contributed by atoms with Gasteiger partial charge >= 0.3 is 0 Å². The van der Waals surface area contributed by atoms with Gasteiger partial charge in [0.1, 0.15) is 6.10 Å². The van der Waals surface area contributed by atoms with Crippen molar-refractivity contribution in [1.82, 2.24) is 14.8 Å². The molecule has 1 aromatic carbocycles. The molecule has 0 saturated heterocycles. The highest BCUT2D eigenvalue weighted by molar-refractivity contribution is 6.35. The van der Waals surface area contributed by atoms with Crippen LogP contribution in [0.25, 0.3) is 11.1 Å². The van der Waals surface area contributed by atoms with Gasteiger partial charge in [0.05, 0.1) is 16.2 Å². The molecule has 2 heterocycles. The number of rotatable bonds is 5. The van der Waals surface area contributed by atoms with Crippen molar-refractivity contribution in [2.24, 2.45) is 5.41 Å². The zero-order valence-corrected chi connectivity index (χ0v) is 18.2. The maximum absolute atomic E-state index is 14.0. The van der Waals surface area contributed by atoms with Gasteiger partial charge in [-0.05, 0) is 24.5 Å². The van der Waals surface area contributed by atoms with E-state index >= 15 is 0 Å². The monoisotopic (exact) mass is 436 g/mol. The van der Waals surface area contributed by atoms with Gasteiger partial charge in [-0.2, -0.15) is 5.10 Å². The molecule has 0 spiro atoms. The molecule has 0 fully saturated rings. The van der Waals surface area contributed by atoms with Gasteiger partial charge < -0.3 is 10.5 Å². The third-order valence-electron chi connectivity index (χ3n) is 4.29. The molecule has 8 heteroatoms. The highest BCUT2D eigenvalue weighted by Gasteiger charge is 2.19. The van der Waals surface area contributed by atoms with Crippen LogP contribution in [-0.4, -0.2) is 14.8 Å². The Hall–Kier alpha value is -2.31. The van der Waals surface area contributed by atoms with E-state index in [9.17, 15) is 4.39 Å². The topological polar surface area (TPSA) is 66.0 Å². The van der Waals surface area contributed by atoms with Gasteiger partial charge in [-0.1, -0.05) is 50.0 Å². The smallest absolute Gasteiger partial charge is 0.166 e. The van der Waals surface area contributed by atoms with Gasteiger partial charge in [0.2, 0.25) is 0 Å². The van der Waals surface area contributed by atoms with E-state index in [4.69, 9.17) is 33.7 Å². The molecule has 2 N–H and O–H groups in total. The number of aromatic nitrogens is 3. The number of nitrogen functional groups attached to an aromatic ring is 1. The maximum atomic E-state index is 14.0. The first-order chi connectivity index (χ1) is 13.5. The van der Waals surface area contributed by atoms with Gasteiger partial charge in [0.15, 0.2) is 17.4 Å². The molecular formula is C21H23Cl2FN4O. The summed E-state index contributed by atoms with van der Waals surface area (Å²) in [7, 11) is 0. The van der Waals surface area contributed by atoms with Gasteiger partial charge in [-0.3, -0.25) is 4.68 Å². The van der Waals surface area contributed by atoms with Crippen molar-refractivity contribution < 1.29 is 9.13 Å². The number of halogens is 3. The first-order valence-corrected chi connectivity index (χ1v) is 9.89. The van der Waals surface area contributed by atoms with Crippen LogP contribution in [0.15, 0.2) is 36.8 Å². The molecule has 0 aliphatic rings. The molecule has 0 bridgehead atoms. The fourth-order valence-corrected chi connectivity index (χ4v) is 3.43. The largest absolute Gasteiger partial charge is 0.482 e. The molecule has 0 aliphatic heterocycles. The fraction of sp³-hybridized carbons (Fsp3) is 0.333. The summed E-state index contributed by atoms with van der Waals surface area (Å²) in [5, 5.41) is 4.30. The summed E-state index contributed by atoms with van der Waals surface area (Å²) in [6.07, 6.45) is 4.84. The number of hydrogen-bond donors (Lipinski definition) is 1. The number of hydrogen-bond acceptors (Lipinski definition) is 4. The maximum Gasteiger partial charge on any atom is 0.166 e. The van der Waals surface area contributed by atoms with Gasteiger partial charge in [0.25, 0.3) is 0 Å². The van der Waals surface area contributed by atoms with Crippen molar-refractivity contribution in [2.75, 3.05) is 5.73 Å². The lowest BCUT2D eigenvalue weighted by Gasteiger charge is -2.18. The second-order valence-corrected chi connectivity index (χ2v) is 8.90. The summed E-state index contributed by atoms with van der Waals surface area (Å²) in [6, 6.07) is 4.86. The molecule has 0 saturated carbocycles. The summed E-state index contributed by atoms with van der Waals surface area (Å²) in [5.41, 5.74) is 8.28. The van der Waals surface area contributed by atoms with Crippen LogP contribution in [0.2, 0.25) is 10.0 Å². The molecule has 0 amide bonds. The van der Waals surface area contributed by atoms with Crippen molar-refractivity contribution in [3.05, 3.63) is 58.2 Å². The second-order valence-electron chi connectivity index (χ2n) is 8.12. The highest BCUT2D eigenvalue weighted by Crippen LogP contribution is 2.35. The third kappa shape index (κ3) is 5.00. The summed E-state index contributed by atoms with van der Waals surface area (Å²) in [5.74, 6) is -0.0642. The highest BCUT2D eigenvalue weighted by atomic mass is 35.5. The average Bonchev–Trinajstić information content (AvgIpc) is 3.08. The van der Waals surface area contributed by atoms with Crippen molar-refractivity contribution in [2.45, 2.75) is 40.3 Å². The van der Waals surface area contributed by atoms with E-state index in [-0.39, 0.29) is 21.3 Å². The lowest BCUT2D eigenvalue weighted by atomic mass is 9.97. The molecular weight excluding hydrogens is 414 g/mol. The van der Waals surface area contributed by atoms with Crippen molar-refractivity contribution >= 4 is 29.0 Å². The normalized spacial score (nSPS) is 12.8. The minimum Gasteiger partial charge on any atom is -0.482 e. The van der Waals surface area contributed by atoms with E-state index in [1.165, 1.54) is 6.07 Å². The van der Waals surface area contributed by atoms with Crippen LogP contribution < -0.4 is 10.5 Å². The van der Waals surface area contributed by atoms with Crippen molar-refractivity contribution in [3.8, 4) is 16.9 Å². The molecule has 154 valence electrons. The summed E-state index contributed by atoms with van der Waals surface area (Å²) < 4.78 is 21.9. The van der Waals surface area contributed by atoms with Crippen LogP contribution in [0, 0.1) is 11.2 Å². The average molecular weight is 437 g/mol. The van der Waals surface area contributed by atoms with Crippen molar-refractivity contribution in [1.29, 1.82) is 0 Å². The molecule has 0 aliphatic carbocycles. The Labute approximate surface area is 179 Å². The molecule has 2 aromatic heterocycles. The predicted molar refractivity (Wildman–Crippen MR) is 115 cm³/mol. The molecule has 3 aromatic rings. The van der Waals surface area contributed by atoms with Gasteiger partial charge in [0, 0.05) is 35.6 Å². The third-order valence-corrected chi connectivity index (χ3v) is 4.97. The SMILES string of the molecule is CC(Oc1cc(-c2cnn(CC(C)(C)C)c2)cnc1N)c1ccc(Cl)c(F)c1Cl. The van der Waals surface area contributed by atoms with E-state index in [0.29, 0.717) is 11.3 Å². The molecule has 29 heavy (non-hydrogen) atoms. The number of benzene rings is 1. The van der Waals surface area contributed by atoms with E-state index in [1.54, 1.807) is 31.5 Å². The lowest BCUT2D eigenvalue weighted by molar-refractivity contribution is 0.227. The fourth-order valence-electron chi connectivity index (χ4n) is 2.90. The standard InChI is InChI=1S/C21H23Cl2FN4O/c1-12(15-5-6-16(22)19(24)18(15)23)29-17-7-13(8-26-20(17)25)14-9-27-28(10-14)11-21(2,3)4/h5-10,12H,11H2,1-4H3,(H2,25,26). The lowest BCUT2D eigenvalue weighted by Crippen LogP contribution is -2.15. The van der Waals surface area contributed by atoms with E-state index in [0.717, 1.165) is 17.7 Å². The van der Waals surface area contributed by atoms with E-state index < -0.39 is 11.9 Å². The first kappa shape index (κ1) is 21.4. The Bertz CT molecular complexity index is 1030. The minimum absolute atomic E-state index is 0.0404. The van der Waals surface area contributed by atoms with E-state index in [2.05, 4.69) is 30.9 Å². The van der Waals surface area contributed by atoms with Crippen LogP contribution in [0.5, 0.6) is 5.75 Å². The first-order valence-electron chi connectivity index (χ1n) is 9.13. The minimum atomic E-state index is -0.674. The summed E-state index contributed by atoms with van der Waals surface area (Å²) >= 11 is 11.9. The molecule has 5 nitrogen and oxygen atoms in total. The van der Waals surface area contributed by atoms with Crippen LogP contribution in [0.1, 0.15) is 39.4 Å². The Kier molecular flexibility index (Phi) is 6.05. The van der Waals surface area contributed by atoms with Crippen molar-refractivity contribution in [3.63, 3.8) is 0 Å². The number of pyridine rings is 1. The van der Waals surface area contributed by atoms with Crippen LogP contribution in [0.3, 0.4) is 0 Å². The van der Waals surface area contributed by atoms with Gasteiger partial charge in [-0.25, -0.2) is 9.37 Å². The van der Waals surface area contributed by atoms with E-state index in [1.807, 2.05) is 10.9 Å². The number of anilines is 1. The quantitative estimate of drug-likeness (QED) is 0.486. The summed E-state index contributed by atoms with van der Waals surface area (Å²) in [4.78, 5) is 4.23. The zero-order chi connectivity index (χ0) is 21.3. The number of ether oxygens (including phenoxy) is 1. The molecule has 1 atom stereocenters. The Balaban J connectivity index is 1.85. The summed E-state index contributed by atoms with van der Waals surface area (Å²) in [6.45, 7) is 8.99. The number of nitrogens with zero attached hydrogens (tertiary/aromatic N) is 3.